The number of benzene rings is 1. The number of carboxylic acid groups (broad SMARTS) is 1. The van der Waals surface area contributed by atoms with Crippen LogP contribution in [0.25, 0.3) is 0 Å². The van der Waals surface area contributed by atoms with Gasteiger partial charge in [-0.3, -0.25) is 4.79 Å². The monoisotopic (exact) mass is 283 g/mol. The van der Waals surface area contributed by atoms with Crippen molar-refractivity contribution >= 4 is 23.5 Å². The molecule has 1 amide bonds. The van der Waals surface area contributed by atoms with Crippen LogP contribution in [0.3, 0.4) is 0 Å². The van der Waals surface area contributed by atoms with Crippen LogP contribution in [0.15, 0.2) is 24.3 Å². The molecule has 0 radical (unpaired) electrons. The predicted octanol–water partition coefficient (Wildman–Crippen LogP) is 2.50. The second-order valence-corrected chi connectivity index (χ2v) is 5.94. The molecule has 0 heterocycles. The SMILES string of the molecule is CC(C)(C)C(NC(=O)Cc1ccc(Cl)cc1)C(=O)O. The molecule has 0 bridgehead atoms. The van der Waals surface area contributed by atoms with Crippen LogP contribution in [0.5, 0.6) is 0 Å². The molecule has 1 atom stereocenters. The van der Waals surface area contributed by atoms with Gasteiger partial charge in [-0.25, -0.2) is 4.79 Å². The maximum Gasteiger partial charge on any atom is 0.326 e. The second-order valence-electron chi connectivity index (χ2n) is 5.51. The van der Waals surface area contributed by atoms with E-state index in [1.807, 2.05) is 0 Å². The van der Waals surface area contributed by atoms with Crippen LogP contribution in [0.4, 0.5) is 0 Å². The number of carbonyl (C=O) groups excluding carboxylic acids is 1. The van der Waals surface area contributed by atoms with Gasteiger partial charge in [-0.1, -0.05) is 44.5 Å². The summed E-state index contributed by atoms with van der Waals surface area (Å²) in [5.41, 5.74) is 0.251. The first-order valence-electron chi connectivity index (χ1n) is 5.97. The van der Waals surface area contributed by atoms with Crippen LogP contribution in [0, 0.1) is 5.41 Å². The van der Waals surface area contributed by atoms with E-state index < -0.39 is 17.4 Å². The molecule has 1 unspecified atom stereocenters. The third-order valence-corrected chi connectivity index (χ3v) is 2.95. The number of hydrogen-bond acceptors (Lipinski definition) is 2. The van der Waals surface area contributed by atoms with Crippen LogP contribution in [-0.2, 0) is 16.0 Å². The normalized spacial score (nSPS) is 12.8. The number of aliphatic carboxylic acids is 1. The van der Waals surface area contributed by atoms with Gasteiger partial charge in [-0.2, -0.15) is 0 Å². The molecule has 0 aliphatic heterocycles. The van der Waals surface area contributed by atoms with Gasteiger partial charge in [0.15, 0.2) is 0 Å². The maximum atomic E-state index is 11.9. The van der Waals surface area contributed by atoms with Crippen LogP contribution in [-0.4, -0.2) is 23.0 Å². The predicted molar refractivity (Wildman–Crippen MR) is 74.2 cm³/mol. The summed E-state index contributed by atoms with van der Waals surface area (Å²) in [5.74, 6) is -1.35. The molecule has 104 valence electrons. The molecular formula is C14H18ClNO3. The van der Waals surface area contributed by atoms with Crippen molar-refractivity contribution in [1.29, 1.82) is 0 Å². The van der Waals surface area contributed by atoms with Crippen molar-refractivity contribution in [2.24, 2.45) is 5.41 Å². The fourth-order valence-electron chi connectivity index (χ4n) is 1.65. The molecule has 5 heteroatoms. The van der Waals surface area contributed by atoms with E-state index in [1.165, 1.54) is 0 Å². The van der Waals surface area contributed by atoms with Crippen LogP contribution in [0.2, 0.25) is 5.02 Å². The zero-order chi connectivity index (χ0) is 14.6. The molecule has 1 rings (SSSR count). The fraction of sp³-hybridized carbons (Fsp3) is 0.429. The number of halogens is 1. The Labute approximate surface area is 117 Å². The Hall–Kier alpha value is -1.55. The zero-order valence-electron chi connectivity index (χ0n) is 11.2. The van der Waals surface area contributed by atoms with Crippen LogP contribution < -0.4 is 5.32 Å². The summed E-state index contributed by atoms with van der Waals surface area (Å²) >= 11 is 5.76. The Morgan fingerprint density at radius 2 is 1.79 bits per heavy atom. The van der Waals surface area contributed by atoms with E-state index in [1.54, 1.807) is 45.0 Å². The maximum absolute atomic E-state index is 11.9. The molecule has 2 N–H and O–H groups in total. The van der Waals surface area contributed by atoms with E-state index in [0.29, 0.717) is 5.02 Å². The van der Waals surface area contributed by atoms with Crippen molar-refractivity contribution in [3.8, 4) is 0 Å². The molecule has 0 fully saturated rings. The zero-order valence-corrected chi connectivity index (χ0v) is 12.0. The first-order chi connectivity index (χ1) is 8.70. The van der Waals surface area contributed by atoms with E-state index in [-0.39, 0.29) is 12.3 Å². The molecule has 0 aliphatic carbocycles. The lowest BCUT2D eigenvalue weighted by molar-refractivity contribution is -0.144. The standard InChI is InChI=1S/C14H18ClNO3/c1-14(2,3)12(13(18)19)16-11(17)8-9-4-6-10(15)7-5-9/h4-7,12H,8H2,1-3H3,(H,16,17)(H,18,19). The largest absolute Gasteiger partial charge is 0.480 e. The Kier molecular flexibility index (Phi) is 4.95. The van der Waals surface area contributed by atoms with Gasteiger partial charge in [0.1, 0.15) is 6.04 Å². The number of nitrogens with one attached hydrogen (secondary N) is 1. The fourth-order valence-corrected chi connectivity index (χ4v) is 1.77. The van der Waals surface area contributed by atoms with E-state index in [9.17, 15) is 9.59 Å². The molecule has 1 aromatic rings. The van der Waals surface area contributed by atoms with Gasteiger partial charge in [-0.15, -0.1) is 0 Å². The van der Waals surface area contributed by atoms with Crippen molar-refractivity contribution in [2.75, 3.05) is 0 Å². The number of hydrogen-bond donors (Lipinski definition) is 2. The van der Waals surface area contributed by atoms with Gasteiger partial charge in [0, 0.05) is 5.02 Å². The number of carboxylic acids is 1. The van der Waals surface area contributed by atoms with E-state index >= 15 is 0 Å². The summed E-state index contributed by atoms with van der Waals surface area (Å²) in [5, 5.41) is 12.3. The Bertz CT molecular complexity index is 463. The average Bonchev–Trinajstić information content (AvgIpc) is 2.27. The smallest absolute Gasteiger partial charge is 0.326 e. The third kappa shape index (κ3) is 4.91. The number of rotatable bonds is 4. The molecule has 1 aromatic carbocycles. The molecule has 0 saturated carbocycles. The highest BCUT2D eigenvalue weighted by Crippen LogP contribution is 2.19. The van der Waals surface area contributed by atoms with Crippen molar-refractivity contribution in [1.82, 2.24) is 5.32 Å². The lowest BCUT2D eigenvalue weighted by Crippen LogP contribution is -2.49. The van der Waals surface area contributed by atoms with Crippen LogP contribution >= 0.6 is 11.6 Å². The lowest BCUT2D eigenvalue weighted by atomic mass is 9.86. The number of carbonyl (C=O) groups is 2. The topological polar surface area (TPSA) is 66.4 Å². The van der Waals surface area contributed by atoms with Gasteiger partial charge in [-0.05, 0) is 23.1 Å². The summed E-state index contributed by atoms with van der Waals surface area (Å²) in [6.45, 7) is 5.32. The Morgan fingerprint density at radius 3 is 2.21 bits per heavy atom. The highest BCUT2D eigenvalue weighted by Gasteiger charge is 2.32. The molecule has 0 aromatic heterocycles. The van der Waals surface area contributed by atoms with Crippen molar-refractivity contribution < 1.29 is 14.7 Å². The van der Waals surface area contributed by atoms with Gasteiger partial charge in [0.25, 0.3) is 0 Å². The summed E-state index contributed by atoms with van der Waals surface area (Å²) in [6, 6.07) is 5.97. The molecule has 4 nitrogen and oxygen atoms in total. The average molecular weight is 284 g/mol. The minimum atomic E-state index is -1.03. The van der Waals surface area contributed by atoms with Gasteiger partial charge < -0.3 is 10.4 Å². The summed E-state index contributed by atoms with van der Waals surface area (Å²) in [7, 11) is 0. The molecule has 0 spiro atoms. The van der Waals surface area contributed by atoms with Crippen molar-refractivity contribution in [3.63, 3.8) is 0 Å². The summed E-state index contributed by atoms with van der Waals surface area (Å²) in [6.07, 6.45) is 0.136. The minimum absolute atomic E-state index is 0.136. The molecule has 0 saturated heterocycles. The Morgan fingerprint density at radius 1 is 1.26 bits per heavy atom. The third-order valence-electron chi connectivity index (χ3n) is 2.70. The van der Waals surface area contributed by atoms with Crippen LogP contribution in [0.1, 0.15) is 26.3 Å². The quantitative estimate of drug-likeness (QED) is 0.892. The minimum Gasteiger partial charge on any atom is -0.480 e. The molecular weight excluding hydrogens is 266 g/mol. The first kappa shape index (κ1) is 15.5. The number of amides is 1. The highest BCUT2D eigenvalue weighted by atomic mass is 35.5. The lowest BCUT2D eigenvalue weighted by Gasteiger charge is -2.27. The van der Waals surface area contributed by atoms with E-state index in [2.05, 4.69) is 5.32 Å². The van der Waals surface area contributed by atoms with Gasteiger partial charge >= 0.3 is 5.97 Å². The van der Waals surface area contributed by atoms with E-state index in [4.69, 9.17) is 16.7 Å². The molecule has 0 aliphatic rings. The highest BCUT2D eigenvalue weighted by molar-refractivity contribution is 6.30. The second kappa shape index (κ2) is 6.06. The summed E-state index contributed by atoms with van der Waals surface area (Å²) < 4.78 is 0. The van der Waals surface area contributed by atoms with E-state index in [0.717, 1.165) is 5.56 Å². The first-order valence-corrected chi connectivity index (χ1v) is 6.34. The van der Waals surface area contributed by atoms with Gasteiger partial charge in [0.05, 0.1) is 6.42 Å². The molecule has 19 heavy (non-hydrogen) atoms. The Balaban J connectivity index is 2.68. The van der Waals surface area contributed by atoms with Crippen molar-refractivity contribution in [3.05, 3.63) is 34.9 Å². The van der Waals surface area contributed by atoms with Gasteiger partial charge in [0.2, 0.25) is 5.91 Å². The summed E-state index contributed by atoms with van der Waals surface area (Å²) in [4.78, 5) is 23.0. The van der Waals surface area contributed by atoms with Crippen molar-refractivity contribution in [2.45, 2.75) is 33.2 Å².